The first kappa shape index (κ1) is 15.4. The smallest absolute Gasteiger partial charge is 0.225 e. The summed E-state index contributed by atoms with van der Waals surface area (Å²) in [5.41, 5.74) is 9.99. The van der Waals surface area contributed by atoms with Crippen LogP contribution in [-0.2, 0) is 17.6 Å². The van der Waals surface area contributed by atoms with Gasteiger partial charge in [0.05, 0.1) is 19.6 Å². The van der Waals surface area contributed by atoms with Gasteiger partial charge in [-0.1, -0.05) is 24.3 Å². The van der Waals surface area contributed by atoms with Gasteiger partial charge in [0.1, 0.15) is 5.75 Å². The van der Waals surface area contributed by atoms with Crippen molar-refractivity contribution in [1.82, 2.24) is 5.32 Å². The number of rotatable bonds is 4. The van der Waals surface area contributed by atoms with Gasteiger partial charge in [0.25, 0.3) is 0 Å². The van der Waals surface area contributed by atoms with Crippen LogP contribution in [0.2, 0.25) is 0 Å². The van der Waals surface area contributed by atoms with Gasteiger partial charge in [0.15, 0.2) is 0 Å². The van der Waals surface area contributed by atoms with Crippen LogP contribution in [0.25, 0.3) is 0 Å². The fourth-order valence-corrected chi connectivity index (χ4v) is 3.25. The second-order valence-electron chi connectivity index (χ2n) is 5.96. The normalized spacial score (nSPS) is 16.5. The highest BCUT2D eigenvalue weighted by Gasteiger charge is 2.22. The van der Waals surface area contributed by atoms with E-state index in [1.165, 1.54) is 11.1 Å². The SMILES string of the molecule is COc1ccccc1CC(=O)NC1CCCc2cc(N)ccc21. The fourth-order valence-electron chi connectivity index (χ4n) is 3.25. The fraction of sp³-hybridized carbons (Fsp3) is 0.316. The number of aryl methyl sites for hydroxylation is 1. The molecular weight excluding hydrogens is 288 g/mol. The Kier molecular flexibility index (Phi) is 4.51. The molecule has 0 aliphatic heterocycles. The number of hydrogen-bond donors (Lipinski definition) is 2. The van der Waals surface area contributed by atoms with E-state index < -0.39 is 0 Å². The number of benzene rings is 2. The van der Waals surface area contributed by atoms with E-state index in [0.717, 1.165) is 36.3 Å². The molecule has 0 spiro atoms. The minimum Gasteiger partial charge on any atom is -0.496 e. The summed E-state index contributed by atoms with van der Waals surface area (Å²) in [7, 11) is 1.62. The highest BCUT2D eigenvalue weighted by Crippen LogP contribution is 2.31. The molecule has 0 aromatic heterocycles. The summed E-state index contributed by atoms with van der Waals surface area (Å²) in [6.07, 6.45) is 3.38. The number of anilines is 1. The van der Waals surface area contributed by atoms with Gasteiger partial charge >= 0.3 is 0 Å². The molecule has 2 aromatic rings. The number of nitrogen functional groups attached to an aromatic ring is 1. The molecule has 0 radical (unpaired) electrons. The predicted molar refractivity (Wildman–Crippen MR) is 91.4 cm³/mol. The highest BCUT2D eigenvalue weighted by atomic mass is 16.5. The number of carbonyl (C=O) groups excluding carboxylic acids is 1. The molecule has 3 rings (SSSR count). The van der Waals surface area contributed by atoms with E-state index in [2.05, 4.69) is 5.32 Å². The van der Waals surface area contributed by atoms with E-state index in [4.69, 9.17) is 10.5 Å². The van der Waals surface area contributed by atoms with Crippen LogP contribution in [0, 0.1) is 0 Å². The summed E-state index contributed by atoms with van der Waals surface area (Å²) < 4.78 is 5.31. The summed E-state index contributed by atoms with van der Waals surface area (Å²) in [6.45, 7) is 0. The summed E-state index contributed by atoms with van der Waals surface area (Å²) in [6, 6.07) is 13.7. The molecule has 23 heavy (non-hydrogen) atoms. The number of nitrogens with one attached hydrogen (secondary N) is 1. The molecule has 120 valence electrons. The number of amides is 1. The van der Waals surface area contributed by atoms with Crippen LogP contribution in [0.15, 0.2) is 42.5 Å². The molecule has 1 aliphatic rings. The van der Waals surface area contributed by atoms with Crippen molar-refractivity contribution >= 4 is 11.6 Å². The van der Waals surface area contributed by atoms with Gasteiger partial charge in [-0.3, -0.25) is 4.79 Å². The first-order chi connectivity index (χ1) is 11.2. The maximum atomic E-state index is 12.4. The molecule has 2 aromatic carbocycles. The van der Waals surface area contributed by atoms with Gasteiger partial charge < -0.3 is 15.8 Å². The van der Waals surface area contributed by atoms with Crippen LogP contribution in [0.3, 0.4) is 0 Å². The zero-order valence-electron chi connectivity index (χ0n) is 13.3. The molecule has 0 saturated heterocycles. The Morgan fingerprint density at radius 3 is 2.96 bits per heavy atom. The van der Waals surface area contributed by atoms with Crippen molar-refractivity contribution in [2.75, 3.05) is 12.8 Å². The summed E-state index contributed by atoms with van der Waals surface area (Å²) >= 11 is 0. The minimum atomic E-state index is 0.0178. The van der Waals surface area contributed by atoms with Gasteiger partial charge in [-0.25, -0.2) is 0 Å². The van der Waals surface area contributed by atoms with Gasteiger partial charge in [0, 0.05) is 11.3 Å². The van der Waals surface area contributed by atoms with Gasteiger partial charge in [-0.15, -0.1) is 0 Å². The topological polar surface area (TPSA) is 64.3 Å². The zero-order chi connectivity index (χ0) is 16.2. The van der Waals surface area contributed by atoms with Gasteiger partial charge in [0.2, 0.25) is 5.91 Å². The molecule has 1 amide bonds. The van der Waals surface area contributed by atoms with Crippen LogP contribution in [0.1, 0.15) is 35.6 Å². The van der Waals surface area contributed by atoms with Crippen LogP contribution in [0.4, 0.5) is 5.69 Å². The van der Waals surface area contributed by atoms with Crippen molar-refractivity contribution in [3.63, 3.8) is 0 Å². The van der Waals surface area contributed by atoms with E-state index in [1.54, 1.807) is 7.11 Å². The van der Waals surface area contributed by atoms with Crippen molar-refractivity contribution in [3.05, 3.63) is 59.2 Å². The van der Waals surface area contributed by atoms with Crippen molar-refractivity contribution in [1.29, 1.82) is 0 Å². The molecule has 3 N–H and O–H groups in total. The van der Waals surface area contributed by atoms with Crippen molar-refractivity contribution in [2.24, 2.45) is 0 Å². The molecule has 0 fully saturated rings. The van der Waals surface area contributed by atoms with Crippen LogP contribution in [0.5, 0.6) is 5.75 Å². The number of fused-ring (bicyclic) bond motifs is 1. The summed E-state index contributed by atoms with van der Waals surface area (Å²) in [5.74, 6) is 0.767. The number of para-hydroxylation sites is 1. The van der Waals surface area contributed by atoms with Crippen LogP contribution in [-0.4, -0.2) is 13.0 Å². The van der Waals surface area contributed by atoms with Crippen LogP contribution < -0.4 is 15.8 Å². The van der Waals surface area contributed by atoms with Crippen molar-refractivity contribution in [3.8, 4) is 5.75 Å². The third-order valence-corrected chi connectivity index (χ3v) is 4.36. The van der Waals surface area contributed by atoms with Gasteiger partial charge in [-0.2, -0.15) is 0 Å². The lowest BCUT2D eigenvalue weighted by molar-refractivity contribution is -0.121. The number of hydrogen-bond acceptors (Lipinski definition) is 3. The highest BCUT2D eigenvalue weighted by molar-refractivity contribution is 5.80. The maximum absolute atomic E-state index is 12.4. The van der Waals surface area contributed by atoms with E-state index in [-0.39, 0.29) is 11.9 Å². The molecular formula is C19H22N2O2. The Labute approximate surface area is 136 Å². The second kappa shape index (κ2) is 6.73. The molecule has 1 unspecified atom stereocenters. The zero-order valence-corrected chi connectivity index (χ0v) is 13.3. The number of nitrogens with two attached hydrogens (primary N) is 1. The Hall–Kier alpha value is -2.49. The number of carbonyl (C=O) groups is 1. The van der Waals surface area contributed by atoms with Crippen molar-refractivity contribution in [2.45, 2.75) is 31.7 Å². The predicted octanol–water partition coefficient (Wildman–Crippen LogP) is 3.01. The summed E-state index contributed by atoms with van der Waals surface area (Å²) in [5, 5.41) is 3.16. The molecule has 4 heteroatoms. The van der Waals surface area contributed by atoms with E-state index in [1.807, 2.05) is 42.5 Å². The third-order valence-electron chi connectivity index (χ3n) is 4.36. The van der Waals surface area contributed by atoms with E-state index in [0.29, 0.717) is 6.42 Å². The lowest BCUT2D eigenvalue weighted by Crippen LogP contribution is -2.32. The number of methoxy groups -OCH3 is 1. The lowest BCUT2D eigenvalue weighted by atomic mass is 9.87. The van der Waals surface area contributed by atoms with Crippen molar-refractivity contribution < 1.29 is 9.53 Å². The summed E-state index contributed by atoms with van der Waals surface area (Å²) in [4.78, 5) is 12.4. The Morgan fingerprint density at radius 2 is 2.13 bits per heavy atom. The third kappa shape index (κ3) is 3.47. The largest absolute Gasteiger partial charge is 0.496 e. The lowest BCUT2D eigenvalue weighted by Gasteiger charge is -2.26. The second-order valence-corrected chi connectivity index (χ2v) is 5.96. The Bertz CT molecular complexity index is 712. The van der Waals surface area contributed by atoms with E-state index in [9.17, 15) is 4.79 Å². The first-order valence-electron chi connectivity index (χ1n) is 7.97. The molecule has 0 heterocycles. The standard InChI is InChI=1S/C19H22N2O2/c1-23-18-8-3-2-5-14(18)12-19(22)21-17-7-4-6-13-11-15(20)9-10-16(13)17/h2-3,5,8-11,17H,4,6-7,12,20H2,1H3,(H,21,22). The molecule has 0 bridgehead atoms. The average Bonchev–Trinajstić information content (AvgIpc) is 2.55. The molecule has 1 atom stereocenters. The Balaban J connectivity index is 1.72. The monoisotopic (exact) mass is 310 g/mol. The first-order valence-corrected chi connectivity index (χ1v) is 7.97. The molecule has 1 aliphatic carbocycles. The molecule has 0 saturated carbocycles. The minimum absolute atomic E-state index is 0.0178. The maximum Gasteiger partial charge on any atom is 0.225 e. The number of ether oxygens (including phenoxy) is 1. The van der Waals surface area contributed by atoms with E-state index >= 15 is 0 Å². The average molecular weight is 310 g/mol. The Morgan fingerprint density at radius 1 is 1.30 bits per heavy atom. The van der Waals surface area contributed by atoms with Crippen LogP contribution >= 0.6 is 0 Å². The molecule has 4 nitrogen and oxygen atoms in total. The van der Waals surface area contributed by atoms with Gasteiger partial charge in [-0.05, 0) is 48.6 Å². The quantitative estimate of drug-likeness (QED) is 0.853.